The van der Waals surface area contributed by atoms with E-state index >= 15 is 0 Å². The van der Waals surface area contributed by atoms with Gasteiger partial charge in [-0.15, -0.1) is 0 Å². The van der Waals surface area contributed by atoms with Gasteiger partial charge >= 0.3 is 6.18 Å². The highest BCUT2D eigenvalue weighted by molar-refractivity contribution is 5.76. The molecular weight excluding hydrogens is 243 g/mol. The average molecular weight is 253 g/mol. The van der Waals surface area contributed by atoms with Crippen molar-refractivity contribution < 1.29 is 13.2 Å². The summed E-state index contributed by atoms with van der Waals surface area (Å²) in [5.74, 6) is -0.901. The Kier molecular flexibility index (Phi) is 3.24. The van der Waals surface area contributed by atoms with E-state index in [0.717, 1.165) is 4.57 Å². The summed E-state index contributed by atoms with van der Waals surface area (Å²) in [5, 5.41) is 8.44. The molecular formula is C12H10F3N3. The van der Waals surface area contributed by atoms with Crippen molar-refractivity contribution >= 4 is 11.0 Å². The molecule has 2 aromatic rings. The normalized spacial score (nSPS) is 11.7. The predicted octanol–water partition coefficient (Wildman–Crippen LogP) is 3.36. The largest absolute Gasteiger partial charge is 0.449 e. The monoisotopic (exact) mass is 253 g/mol. The fourth-order valence-electron chi connectivity index (χ4n) is 1.83. The Morgan fingerprint density at radius 2 is 2.00 bits per heavy atom. The van der Waals surface area contributed by atoms with Crippen molar-refractivity contribution in [2.75, 3.05) is 0 Å². The summed E-state index contributed by atoms with van der Waals surface area (Å²) in [6.45, 7) is 0.142. The molecule has 94 valence electrons. The van der Waals surface area contributed by atoms with Crippen molar-refractivity contribution in [3.05, 3.63) is 30.1 Å². The molecule has 0 fully saturated rings. The van der Waals surface area contributed by atoms with Crippen molar-refractivity contribution in [3.8, 4) is 6.07 Å². The van der Waals surface area contributed by atoms with Gasteiger partial charge in [-0.3, -0.25) is 0 Å². The molecule has 0 unspecified atom stereocenters. The SMILES string of the molecule is N#CCCCn1c(C(F)(F)F)nc2ccccc21. The van der Waals surface area contributed by atoms with Gasteiger partial charge in [-0.2, -0.15) is 18.4 Å². The van der Waals surface area contributed by atoms with Gasteiger partial charge in [0, 0.05) is 13.0 Å². The van der Waals surface area contributed by atoms with Crippen LogP contribution in [0.2, 0.25) is 0 Å². The number of aromatic nitrogens is 2. The van der Waals surface area contributed by atoms with Crippen molar-refractivity contribution in [1.82, 2.24) is 9.55 Å². The molecule has 0 aliphatic rings. The molecule has 2 rings (SSSR count). The van der Waals surface area contributed by atoms with Gasteiger partial charge in [0.1, 0.15) is 0 Å². The maximum atomic E-state index is 12.8. The number of aryl methyl sites for hydroxylation is 1. The number of hydrogen-bond donors (Lipinski definition) is 0. The molecule has 1 heterocycles. The predicted molar refractivity (Wildman–Crippen MR) is 59.6 cm³/mol. The fourth-order valence-corrected chi connectivity index (χ4v) is 1.83. The van der Waals surface area contributed by atoms with E-state index in [-0.39, 0.29) is 13.0 Å². The molecule has 0 N–H and O–H groups in total. The van der Waals surface area contributed by atoms with Crippen LogP contribution < -0.4 is 0 Å². The summed E-state index contributed by atoms with van der Waals surface area (Å²) in [7, 11) is 0. The lowest BCUT2D eigenvalue weighted by Gasteiger charge is -2.10. The molecule has 0 spiro atoms. The van der Waals surface area contributed by atoms with Crippen LogP contribution in [-0.4, -0.2) is 9.55 Å². The minimum absolute atomic E-state index is 0.142. The Labute approximate surface area is 101 Å². The second-order valence-electron chi connectivity index (χ2n) is 3.84. The highest BCUT2D eigenvalue weighted by Crippen LogP contribution is 2.31. The van der Waals surface area contributed by atoms with E-state index in [1.165, 1.54) is 0 Å². The number of hydrogen-bond acceptors (Lipinski definition) is 2. The Balaban J connectivity index is 2.48. The zero-order valence-electron chi connectivity index (χ0n) is 9.41. The number of unbranched alkanes of at least 4 members (excludes halogenated alkanes) is 1. The number of fused-ring (bicyclic) bond motifs is 1. The van der Waals surface area contributed by atoms with Crippen molar-refractivity contribution in [1.29, 1.82) is 5.26 Å². The number of nitriles is 1. The smallest absolute Gasteiger partial charge is 0.320 e. The molecule has 0 radical (unpaired) electrons. The Hall–Kier alpha value is -2.03. The Morgan fingerprint density at radius 3 is 2.67 bits per heavy atom. The van der Waals surface area contributed by atoms with E-state index in [4.69, 9.17) is 5.26 Å². The van der Waals surface area contributed by atoms with Crippen LogP contribution in [0.15, 0.2) is 24.3 Å². The van der Waals surface area contributed by atoms with Gasteiger partial charge in [0.05, 0.1) is 17.1 Å². The lowest BCUT2D eigenvalue weighted by Crippen LogP contribution is -2.15. The Bertz CT molecular complexity index is 593. The molecule has 1 aromatic heterocycles. The molecule has 0 aliphatic carbocycles. The number of alkyl halides is 3. The van der Waals surface area contributed by atoms with E-state index in [2.05, 4.69) is 4.98 Å². The van der Waals surface area contributed by atoms with Crippen LogP contribution in [-0.2, 0) is 12.7 Å². The topological polar surface area (TPSA) is 41.6 Å². The van der Waals surface area contributed by atoms with Gasteiger partial charge in [-0.05, 0) is 18.6 Å². The summed E-state index contributed by atoms with van der Waals surface area (Å²) in [5.41, 5.74) is 0.768. The number of para-hydroxylation sites is 2. The van der Waals surface area contributed by atoms with Crippen LogP contribution in [0.5, 0.6) is 0 Å². The van der Waals surface area contributed by atoms with Crippen LogP contribution in [0.1, 0.15) is 18.7 Å². The van der Waals surface area contributed by atoms with Crippen LogP contribution in [0.3, 0.4) is 0 Å². The summed E-state index contributed by atoms with van der Waals surface area (Å²) in [6.07, 6.45) is -3.88. The Morgan fingerprint density at radius 1 is 1.28 bits per heavy atom. The van der Waals surface area contributed by atoms with E-state index in [0.29, 0.717) is 17.5 Å². The van der Waals surface area contributed by atoms with Crippen molar-refractivity contribution in [2.24, 2.45) is 0 Å². The number of imidazole rings is 1. The molecule has 6 heteroatoms. The highest BCUT2D eigenvalue weighted by atomic mass is 19.4. The maximum Gasteiger partial charge on any atom is 0.449 e. The lowest BCUT2D eigenvalue weighted by molar-refractivity contribution is -0.146. The zero-order chi connectivity index (χ0) is 13.2. The molecule has 18 heavy (non-hydrogen) atoms. The molecule has 0 aliphatic heterocycles. The van der Waals surface area contributed by atoms with Crippen LogP contribution in [0, 0.1) is 11.3 Å². The number of nitrogens with zero attached hydrogens (tertiary/aromatic N) is 3. The molecule has 0 atom stereocenters. The van der Waals surface area contributed by atoms with Gasteiger partial charge in [-0.1, -0.05) is 12.1 Å². The van der Waals surface area contributed by atoms with Crippen LogP contribution in [0.25, 0.3) is 11.0 Å². The quantitative estimate of drug-likeness (QED) is 0.787. The number of rotatable bonds is 3. The molecule has 0 amide bonds. The first-order valence-corrected chi connectivity index (χ1v) is 5.43. The van der Waals surface area contributed by atoms with Gasteiger partial charge in [0.2, 0.25) is 5.82 Å². The number of halogens is 3. The third-order valence-electron chi connectivity index (χ3n) is 2.58. The zero-order valence-corrected chi connectivity index (χ0v) is 9.41. The summed E-state index contributed by atoms with van der Waals surface area (Å²) >= 11 is 0. The first-order chi connectivity index (χ1) is 8.54. The summed E-state index contributed by atoms with van der Waals surface area (Å²) in [4.78, 5) is 3.62. The first-order valence-electron chi connectivity index (χ1n) is 5.43. The lowest BCUT2D eigenvalue weighted by atomic mass is 10.3. The molecule has 0 saturated carbocycles. The van der Waals surface area contributed by atoms with Gasteiger partial charge in [-0.25, -0.2) is 4.98 Å². The fraction of sp³-hybridized carbons (Fsp3) is 0.333. The van der Waals surface area contributed by atoms with E-state index in [1.807, 2.05) is 6.07 Å². The molecule has 3 nitrogen and oxygen atoms in total. The molecule has 0 bridgehead atoms. The van der Waals surface area contributed by atoms with E-state index in [9.17, 15) is 13.2 Å². The van der Waals surface area contributed by atoms with Crippen molar-refractivity contribution in [3.63, 3.8) is 0 Å². The highest BCUT2D eigenvalue weighted by Gasteiger charge is 2.37. The van der Waals surface area contributed by atoms with Gasteiger partial charge < -0.3 is 4.57 Å². The van der Waals surface area contributed by atoms with E-state index < -0.39 is 12.0 Å². The second kappa shape index (κ2) is 4.69. The average Bonchev–Trinajstić information content (AvgIpc) is 2.69. The maximum absolute atomic E-state index is 12.8. The molecule has 1 aromatic carbocycles. The van der Waals surface area contributed by atoms with Gasteiger partial charge in [0.15, 0.2) is 0 Å². The minimum atomic E-state index is -4.48. The van der Waals surface area contributed by atoms with Gasteiger partial charge in [0.25, 0.3) is 0 Å². The minimum Gasteiger partial charge on any atom is -0.320 e. The standard InChI is InChI=1S/C12H10F3N3/c13-12(14,15)11-17-9-5-1-2-6-10(9)18(11)8-4-3-7-16/h1-2,5-6H,3-4,8H2. The summed E-state index contributed by atoms with van der Waals surface area (Å²) in [6, 6.07) is 8.39. The third-order valence-corrected chi connectivity index (χ3v) is 2.58. The molecule has 0 saturated heterocycles. The second-order valence-corrected chi connectivity index (χ2v) is 3.84. The van der Waals surface area contributed by atoms with E-state index in [1.54, 1.807) is 24.3 Å². The third kappa shape index (κ3) is 2.30. The van der Waals surface area contributed by atoms with Crippen LogP contribution in [0.4, 0.5) is 13.2 Å². The van der Waals surface area contributed by atoms with Crippen molar-refractivity contribution in [2.45, 2.75) is 25.6 Å². The first kappa shape index (κ1) is 12.4. The number of benzene rings is 1. The summed E-state index contributed by atoms with van der Waals surface area (Å²) < 4.78 is 39.7. The van der Waals surface area contributed by atoms with Crippen LogP contribution >= 0.6 is 0 Å².